The van der Waals surface area contributed by atoms with E-state index in [9.17, 15) is 8.78 Å². The van der Waals surface area contributed by atoms with Crippen LogP contribution in [-0.2, 0) is 0 Å². The Hall–Kier alpha value is -2.89. The molecule has 0 aliphatic carbocycles. The number of fused-ring (bicyclic) bond motifs is 1. The molecule has 2 aliphatic heterocycles. The maximum absolute atomic E-state index is 16.1. The molecule has 3 N–H and O–H groups in total. The Morgan fingerprint density at radius 1 is 1.22 bits per heavy atom. The molecule has 8 nitrogen and oxygen atoms in total. The van der Waals surface area contributed by atoms with E-state index in [0.29, 0.717) is 13.2 Å². The highest BCUT2D eigenvalue weighted by Gasteiger charge is 2.35. The Kier molecular flexibility index (Phi) is 7.03. The van der Waals surface area contributed by atoms with E-state index in [4.69, 9.17) is 22.1 Å². The minimum atomic E-state index is -3.01. The first kappa shape index (κ1) is 25.7. The summed E-state index contributed by atoms with van der Waals surface area (Å²) in [6, 6.07) is 4.92. The molecule has 12 heteroatoms. The molecule has 2 aliphatic rings. The first-order valence-electron chi connectivity index (χ1n) is 12.2. The highest BCUT2D eigenvalue weighted by Crippen LogP contribution is 2.39. The third-order valence-corrected chi connectivity index (χ3v) is 7.13. The van der Waals surface area contributed by atoms with Crippen LogP contribution in [0.3, 0.4) is 0 Å². The van der Waals surface area contributed by atoms with Crippen molar-refractivity contribution in [2.45, 2.75) is 31.7 Å². The van der Waals surface area contributed by atoms with Crippen LogP contribution in [0.1, 0.15) is 18.4 Å². The summed E-state index contributed by atoms with van der Waals surface area (Å²) >= 11 is 6.56. The Bertz CT molecular complexity index is 1310. The van der Waals surface area contributed by atoms with Crippen molar-refractivity contribution in [3.8, 4) is 17.3 Å². The van der Waals surface area contributed by atoms with Crippen molar-refractivity contribution in [3.05, 3.63) is 34.6 Å². The number of benzene rings is 1. The van der Waals surface area contributed by atoms with Gasteiger partial charge in [-0.25, -0.2) is 18.2 Å². The second-order valence-corrected chi connectivity index (χ2v) is 10.2. The Balaban J connectivity index is 1.65. The molecule has 1 atom stereocenters. The summed E-state index contributed by atoms with van der Waals surface area (Å²) in [5.74, 6) is -3.39. The van der Waals surface area contributed by atoms with Crippen LogP contribution in [0.15, 0.2) is 18.2 Å². The summed E-state index contributed by atoms with van der Waals surface area (Å²) in [4.78, 5) is 16.7. The molecule has 2 saturated heterocycles. The van der Waals surface area contributed by atoms with Gasteiger partial charge in [0.25, 0.3) is 5.92 Å². The van der Waals surface area contributed by atoms with Crippen LogP contribution in [0.4, 0.5) is 24.8 Å². The Morgan fingerprint density at radius 3 is 2.76 bits per heavy atom. The molecule has 0 saturated carbocycles. The van der Waals surface area contributed by atoms with Gasteiger partial charge in [-0.05, 0) is 57.1 Å². The average Bonchev–Trinajstić information content (AvgIpc) is 3.14. The molecule has 0 amide bonds. The zero-order valence-electron chi connectivity index (χ0n) is 20.7. The van der Waals surface area contributed by atoms with Gasteiger partial charge < -0.3 is 25.6 Å². The maximum Gasteiger partial charge on any atom is 0.319 e. The van der Waals surface area contributed by atoms with E-state index < -0.39 is 24.8 Å². The van der Waals surface area contributed by atoms with Gasteiger partial charge in [-0.15, -0.1) is 0 Å². The minimum Gasteiger partial charge on any atom is -0.462 e. The van der Waals surface area contributed by atoms with Crippen molar-refractivity contribution in [1.29, 1.82) is 0 Å². The molecular weight excluding hydrogens is 507 g/mol. The molecule has 2 fully saturated rings. The second kappa shape index (κ2) is 10.1. The van der Waals surface area contributed by atoms with Crippen molar-refractivity contribution in [3.63, 3.8) is 0 Å². The molecule has 0 unspecified atom stereocenters. The van der Waals surface area contributed by atoms with Crippen molar-refractivity contribution in [1.82, 2.24) is 25.2 Å². The number of hydrogen-bond acceptors (Lipinski definition) is 8. The Morgan fingerprint density at radius 2 is 2.03 bits per heavy atom. The third kappa shape index (κ3) is 5.39. The Labute approximate surface area is 218 Å². The number of alkyl halides is 2. The lowest BCUT2D eigenvalue weighted by Crippen LogP contribution is -2.39. The predicted molar refractivity (Wildman–Crippen MR) is 138 cm³/mol. The number of anilines is 2. The van der Waals surface area contributed by atoms with Crippen LogP contribution in [0.2, 0.25) is 5.02 Å². The van der Waals surface area contributed by atoms with Crippen molar-refractivity contribution < 1.29 is 17.9 Å². The average molecular weight is 536 g/mol. The molecule has 1 aromatic carbocycles. The number of pyridine rings is 1. The highest BCUT2D eigenvalue weighted by atomic mass is 35.5. The van der Waals surface area contributed by atoms with Crippen LogP contribution in [0.25, 0.3) is 22.2 Å². The first-order valence-corrected chi connectivity index (χ1v) is 12.6. The molecule has 0 bridgehead atoms. The van der Waals surface area contributed by atoms with Gasteiger partial charge in [-0.1, -0.05) is 11.6 Å². The SMILES string of the molecule is Cc1cc(N)nc(-c2c(Cl)cc3c(N4CCNCC(F)(F)C4)nc(OC[C@@H]4CCCN4C)nc3c2F)c1. The molecule has 0 radical (unpaired) electrons. The number of likely N-dealkylation sites (N-methyl/N-ethyl adjacent to an activating group) is 1. The van der Waals surface area contributed by atoms with Crippen molar-refractivity contribution >= 4 is 34.1 Å². The number of halogens is 4. The molecule has 5 rings (SSSR count). The van der Waals surface area contributed by atoms with Gasteiger partial charge in [0, 0.05) is 24.5 Å². The van der Waals surface area contributed by atoms with Gasteiger partial charge in [0.15, 0.2) is 5.82 Å². The summed E-state index contributed by atoms with van der Waals surface area (Å²) in [5, 5.41) is 3.01. The molecule has 198 valence electrons. The van der Waals surface area contributed by atoms with Gasteiger partial charge in [0.2, 0.25) is 0 Å². The number of aromatic nitrogens is 3. The van der Waals surface area contributed by atoms with Crippen LogP contribution in [0.5, 0.6) is 6.01 Å². The number of nitrogen functional groups attached to an aromatic ring is 1. The van der Waals surface area contributed by atoms with Gasteiger partial charge >= 0.3 is 6.01 Å². The smallest absolute Gasteiger partial charge is 0.319 e. The minimum absolute atomic E-state index is 0.0264. The molecule has 37 heavy (non-hydrogen) atoms. The normalized spacial score (nSPS) is 20.4. The van der Waals surface area contributed by atoms with E-state index in [1.54, 1.807) is 12.1 Å². The van der Waals surface area contributed by atoms with Crippen LogP contribution in [-0.4, -0.2) is 78.2 Å². The van der Waals surface area contributed by atoms with E-state index in [2.05, 4.69) is 25.2 Å². The quantitative estimate of drug-likeness (QED) is 0.508. The van der Waals surface area contributed by atoms with Gasteiger partial charge in [-0.2, -0.15) is 9.97 Å². The fourth-order valence-corrected chi connectivity index (χ4v) is 5.25. The standard InChI is InChI=1S/C25H29ClF3N7O/c1-14-8-18(32-19(30)9-14)20-17(26)10-16-22(21(20)27)33-24(37-11-15-4-3-6-35(15)2)34-23(16)36-7-5-31-12-25(28,29)13-36/h8-10,15,31H,3-7,11-13H2,1-2H3,(H2,30,32)/t15-/m0/s1. The largest absolute Gasteiger partial charge is 0.462 e. The fourth-order valence-electron chi connectivity index (χ4n) is 4.96. The highest BCUT2D eigenvalue weighted by molar-refractivity contribution is 6.34. The fraction of sp³-hybridized carbons (Fsp3) is 0.480. The summed E-state index contributed by atoms with van der Waals surface area (Å²) < 4.78 is 51.1. The van der Waals surface area contributed by atoms with Crippen LogP contribution in [0, 0.1) is 12.7 Å². The summed E-state index contributed by atoms with van der Waals surface area (Å²) in [6.45, 7) is 2.58. The number of rotatable bonds is 5. The van der Waals surface area contributed by atoms with Crippen LogP contribution < -0.4 is 20.7 Å². The number of nitrogens with zero attached hydrogens (tertiary/aromatic N) is 5. The lowest BCUT2D eigenvalue weighted by molar-refractivity contribution is 0.0156. The number of nitrogens with two attached hydrogens (primary N) is 1. The van der Waals surface area contributed by atoms with E-state index in [1.807, 2.05) is 14.0 Å². The zero-order chi connectivity index (χ0) is 26.3. The maximum atomic E-state index is 16.1. The summed E-state index contributed by atoms with van der Waals surface area (Å²) in [5.41, 5.74) is 6.88. The molecule has 3 aromatic rings. The number of nitrogens with one attached hydrogen (secondary N) is 1. The van der Waals surface area contributed by atoms with Gasteiger partial charge in [-0.3, -0.25) is 0 Å². The number of likely N-dealkylation sites (tertiary alicyclic amines) is 1. The van der Waals surface area contributed by atoms with Gasteiger partial charge in [0.05, 0.1) is 29.4 Å². The summed E-state index contributed by atoms with van der Waals surface area (Å²) in [7, 11) is 2.01. The number of ether oxygens (including phenoxy) is 1. The van der Waals surface area contributed by atoms with E-state index >= 15 is 4.39 Å². The van der Waals surface area contributed by atoms with E-state index in [-0.39, 0.29) is 57.4 Å². The zero-order valence-corrected chi connectivity index (χ0v) is 21.5. The first-order chi connectivity index (χ1) is 17.6. The monoisotopic (exact) mass is 535 g/mol. The van der Waals surface area contributed by atoms with Crippen molar-refractivity contribution in [2.75, 3.05) is 57.0 Å². The second-order valence-electron chi connectivity index (χ2n) is 9.77. The predicted octanol–water partition coefficient (Wildman–Crippen LogP) is 3.89. The van der Waals surface area contributed by atoms with Crippen molar-refractivity contribution in [2.24, 2.45) is 0 Å². The van der Waals surface area contributed by atoms with Gasteiger partial charge in [0.1, 0.15) is 23.8 Å². The third-order valence-electron chi connectivity index (χ3n) is 6.83. The lowest BCUT2D eigenvalue weighted by atomic mass is 10.1. The molecule has 0 spiro atoms. The number of hydrogen-bond donors (Lipinski definition) is 2. The number of aryl methyl sites for hydroxylation is 1. The molecule has 4 heterocycles. The van der Waals surface area contributed by atoms with E-state index in [1.165, 1.54) is 11.0 Å². The van der Waals surface area contributed by atoms with E-state index in [0.717, 1.165) is 24.9 Å². The summed E-state index contributed by atoms with van der Waals surface area (Å²) in [6.07, 6.45) is 2.00. The lowest BCUT2D eigenvalue weighted by Gasteiger charge is -2.26. The van der Waals surface area contributed by atoms with Crippen LogP contribution >= 0.6 is 11.6 Å². The molecular formula is C25H29ClF3N7O. The topological polar surface area (TPSA) is 92.4 Å². The molecule has 2 aromatic heterocycles.